The summed E-state index contributed by atoms with van der Waals surface area (Å²) in [4.78, 5) is 0. The van der Waals surface area contributed by atoms with Crippen molar-refractivity contribution in [1.29, 1.82) is 0 Å². The van der Waals surface area contributed by atoms with Crippen LogP contribution in [0.4, 0.5) is 0 Å². The van der Waals surface area contributed by atoms with Crippen LogP contribution in [0, 0.1) is 0 Å². The van der Waals surface area contributed by atoms with Crippen LogP contribution < -0.4 is 4.46 Å². The summed E-state index contributed by atoms with van der Waals surface area (Å²) in [7, 11) is 0. The van der Waals surface area contributed by atoms with Gasteiger partial charge in [0.15, 0.2) is 0 Å². The molecule has 55 valence electrons. The molecule has 0 aliphatic rings. The Morgan fingerprint density at radius 3 is 2.36 bits per heavy atom. The first-order chi connectivity index (χ1) is 5.38. The number of fused-ring (bicyclic) bond motifs is 1. The van der Waals surface area contributed by atoms with E-state index in [0.717, 1.165) is 4.46 Å². The third kappa shape index (κ3) is 1.18. The summed E-state index contributed by atoms with van der Waals surface area (Å²) in [5, 5.41) is 2.51. The van der Waals surface area contributed by atoms with Gasteiger partial charge in [0.1, 0.15) is 0 Å². The van der Waals surface area contributed by atoms with Crippen LogP contribution in [0.3, 0.4) is 0 Å². The van der Waals surface area contributed by atoms with E-state index in [1.165, 1.54) is 10.8 Å². The molecule has 0 saturated heterocycles. The van der Waals surface area contributed by atoms with Crippen LogP contribution >= 0.6 is 0 Å². The molecule has 0 bridgehead atoms. The number of benzene rings is 2. The zero-order valence-corrected chi connectivity index (χ0v) is 7.00. The van der Waals surface area contributed by atoms with Gasteiger partial charge < -0.3 is 0 Å². The Kier molecular flexibility index (Phi) is 1.69. The van der Waals surface area contributed by atoms with Crippen LogP contribution in [0.15, 0.2) is 42.5 Å². The molecule has 0 nitrogen and oxygen atoms in total. The topological polar surface area (TPSA) is 0 Å². The van der Waals surface area contributed by atoms with Crippen molar-refractivity contribution in [2.45, 2.75) is 0 Å². The molecule has 0 radical (unpaired) electrons. The van der Waals surface area contributed by atoms with Gasteiger partial charge in [-0.3, -0.25) is 0 Å². The summed E-state index contributed by atoms with van der Waals surface area (Å²) in [5.41, 5.74) is 0. The van der Waals surface area contributed by atoms with E-state index < -0.39 is 0 Å². The molecule has 0 N–H and O–H groups in total. The van der Waals surface area contributed by atoms with E-state index in [9.17, 15) is 0 Å². The van der Waals surface area contributed by atoms with E-state index in [4.69, 9.17) is 0 Å². The van der Waals surface area contributed by atoms with Gasteiger partial charge in [0.25, 0.3) is 0 Å². The van der Waals surface area contributed by atoms with Gasteiger partial charge in [0.2, 0.25) is 0 Å². The van der Waals surface area contributed by atoms with Crippen LogP contribution in [0.25, 0.3) is 10.8 Å². The molecule has 1 heteroatoms. The Balaban J connectivity index is 2.91. The monoisotopic (exact) mass is 183 g/mol. The van der Waals surface area contributed by atoms with Crippen molar-refractivity contribution in [3.63, 3.8) is 0 Å². The molecule has 2 aromatic carbocycles. The van der Waals surface area contributed by atoms with Crippen molar-refractivity contribution in [3.8, 4) is 0 Å². The third-order valence-electron chi connectivity index (χ3n) is 1.73. The van der Waals surface area contributed by atoms with Crippen molar-refractivity contribution in [2.24, 2.45) is 0 Å². The van der Waals surface area contributed by atoms with Crippen LogP contribution in [0.1, 0.15) is 0 Å². The molecule has 2 aromatic rings. The second kappa shape index (κ2) is 2.69. The molecule has 0 aliphatic carbocycles. The zero-order valence-electron chi connectivity index (χ0n) is 5.90. The Labute approximate surface area is 74.0 Å². The Bertz CT molecular complexity index is 374. The van der Waals surface area contributed by atoms with Gasteiger partial charge in [-0.15, -0.1) is 0 Å². The minimum atomic E-state index is 1.10. The first-order valence-corrected chi connectivity index (χ1v) is 4.05. The number of hydrogen-bond donors (Lipinski definition) is 0. The predicted molar refractivity (Wildman–Crippen MR) is 43.6 cm³/mol. The van der Waals surface area contributed by atoms with Gasteiger partial charge in [-0.2, -0.15) is 0 Å². The molecular weight excluding hydrogens is 176 g/mol. The van der Waals surface area contributed by atoms with Gasteiger partial charge >= 0.3 is 73.7 Å². The SMILES string of the molecule is [Fe][c]1cccc2ccccc12. The summed E-state index contributed by atoms with van der Waals surface area (Å²) < 4.78 is 1.10. The van der Waals surface area contributed by atoms with E-state index >= 15 is 0 Å². The van der Waals surface area contributed by atoms with E-state index in [1.54, 1.807) is 0 Å². The van der Waals surface area contributed by atoms with E-state index in [2.05, 4.69) is 34.2 Å². The maximum absolute atomic E-state index is 3.95. The average Bonchev–Trinajstić information content (AvgIpc) is 2.06. The average molecular weight is 183 g/mol. The summed E-state index contributed by atoms with van der Waals surface area (Å²) in [6, 6.07) is 14.4. The van der Waals surface area contributed by atoms with Crippen molar-refractivity contribution in [3.05, 3.63) is 42.5 Å². The summed E-state index contributed by atoms with van der Waals surface area (Å²) >= 11 is 3.95. The molecule has 0 spiro atoms. The Morgan fingerprint density at radius 2 is 1.55 bits per heavy atom. The predicted octanol–water partition coefficient (Wildman–Crippen LogP) is 2.01. The molecule has 0 unspecified atom stereocenters. The standard InChI is InChI=1S/C10H7.Fe/c1-2-6-10-8-4-3-7-9(10)5-1;/h1-7H;. The maximum atomic E-state index is 3.95. The van der Waals surface area contributed by atoms with Gasteiger partial charge in [0.05, 0.1) is 0 Å². The first kappa shape index (κ1) is 6.90. The van der Waals surface area contributed by atoms with Crippen LogP contribution in [-0.2, 0) is 16.0 Å². The van der Waals surface area contributed by atoms with Gasteiger partial charge in [0, 0.05) is 0 Å². The molecule has 0 atom stereocenters. The Morgan fingerprint density at radius 1 is 0.818 bits per heavy atom. The minimum absolute atomic E-state index is 1.10. The fourth-order valence-corrected chi connectivity index (χ4v) is 1.54. The van der Waals surface area contributed by atoms with Gasteiger partial charge in [-0.25, -0.2) is 0 Å². The molecule has 2 rings (SSSR count). The zero-order chi connectivity index (χ0) is 7.68. The summed E-state index contributed by atoms with van der Waals surface area (Å²) in [6.07, 6.45) is 0. The summed E-state index contributed by atoms with van der Waals surface area (Å²) in [5.74, 6) is 0. The van der Waals surface area contributed by atoms with E-state index in [0.29, 0.717) is 0 Å². The quantitative estimate of drug-likeness (QED) is 0.548. The Hall–Kier alpha value is -0.781. The normalized spacial score (nSPS) is 10.3. The van der Waals surface area contributed by atoms with E-state index in [-0.39, 0.29) is 0 Å². The molecule has 0 aliphatic heterocycles. The fourth-order valence-electron chi connectivity index (χ4n) is 1.18. The van der Waals surface area contributed by atoms with Crippen LogP contribution in [0.2, 0.25) is 0 Å². The molecule has 0 aromatic heterocycles. The second-order valence-corrected chi connectivity index (χ2v) is 3.04. The van der Waals surface area contributed by atoms with Crippen molar-refractivity contribution >= 4 is 15.2 Å². The van der Waals surface area contributed by atoms with Crippen molar-refractivity contribution in [1.82, 2.24) is 0 Å². The molecule has 0 saturated carbocycles. The molecule has 0 heterocycles. The van der Waals surface area contributed by atoms with Crippen LogP contribution in [0.5, 0.6) is 0 Å². The molecule has 0 amide bonds. The fraction of sp³-hybridized carbons (Fsp3) is 0. The van der Waals surface area contributed by atoms with E-state index in [1.807, 2.05) is 24.3 Å². The third-order valence-corrected chi connectivity index (χ3v) is 2.21. The molecule has 11 heavy (non-hydrogen) atoms. The van der Waals surface area contributed by atoms with Crippen molar-refractivity contribution < 1.29 is 16.0 Å². The van der Waals surface area contributed by atoms with Gasteiger partial charge in [-0.1, -0.05) is 0 Å². The van der Waals surface area contributed by atoms with Crippen molar-refractivity contribution in [2.75, 3.05) is 0 Å². The van der Waals surface area contributed by atoms with Crippen LogP contribution in [-0.4, -0.2) is 0 Å². The molecular formula is C10H7Fe. The summed E-state index contributed by atoms with van der Waals surface area (Å²) in [6.45, 7) is 0. The number of rotatable bonds is 0. The van der Waals surface area contributed by atoms with Gasteiger partial charge in [-0.05, 0) is 0 Å². The second-order valence-electron chi connectivity index (χ2n) is 2.45. The first-order valence-electron chi connectivity index (χ1n) is 3.50. The number of hydrogen-bond acceptors (Lipinski definition) is 0. The molecule has 0 fully saturated rings.